The molecule has 2 N–H and O–H groups in total. The standard InChI is InChI=1S/C20H18FN3O4/c21-14-7-5-13(6-8-14)11-22-17(25)12-24-18(26)20(23-19(24)27)9-10-28-16-4-2-1-3-15(16)20/h1-8H,9-12H2,(H,22,25)(H,23,27)/t20-/m1/s1. The summed E-state index contributed by atoms with van der Waals surface area (Å²) in [6.07, 6.45) is 0.294. The van der Waals surface area contributed by atoms with Crippen molar-refractivity contribution < 1.29 is 23.5 Å². The Hall–Kier alpha value is -3.42. The van der Waals surface area contributed by atoms with Crippen LogP contribution in [0.3, 0.4) is 0 Å². The first-order chi connectivity index (χ1) is 13.5. The van der Waals surface area contributed by atoms with E-state index in [1.807, 2.05) is 0 Å². The number of halogens is 1. The van der Waals surface area contributed by atoms with E-state index in [1.54, 1.807) is 36.4 Å². The molecule has 0 saturated carbocycles. The highest BCUT2D eigenvalue weighted by Crippen LogP contribution is 2.40. The van der Waals surface area contributed by atoms with E-state index < -0.39 is 29.9 Å². The van der Waals surface area contributed by atoms with Crippen molar-refractivity contribution in [1.82, 2.24) is 15.5 Å². The van der Waals surface area contributed by atoms with Gasteiger partial charge in [0, 0.05) is 18.5 Å². The van der Waals surface area contributed by atoms with Crippen LogP contribution in [0.2, 0.25) is 0 Å². The quantitative estimate of drug-likeness (QED) is 0.787. The van der Waals surface area contributed by atoms with E-state index in [1.165, 1.54) is 12.1 Å². The second-order valence-corrected chi connectivity index (χ2v) is 6.72. The zero-order valence-corrected chi connectivity index (χ0v) is 14.9. The Morgan fingerprint density at radius 1 is 1.18 bits per heavy atom. The number of hydrogen-bond acceptors (Lipinski definition) is 4. The monoisotopic (exact) mass is 383 g/mol. The largest absolute Gasteiger partial charge is 0.493 e. The van der Waals surface area contributed by atoms with Crippen LogP contribution in [0, 0.1) is 5.82 Å². The van der Waals surface area contributed by atoms with Gasteiger partial charge in [0.05, 0.1) is 6.61 Å². The van der Waals surface area contributed by atoms with E-state index in [0.29, 0.717) is 23.3 Å². The normalized spacial score (nSPS) is 20.5. The summed E-state index contributed by atoms with van der Waals surface area (Å²) in [6.45, 7) is 0.0643. The number of para-hydroxylation sites is 1. The average molecular weight is 383 g/mol. The van der Waals surface area contributed by atoms with Crippen molar-refractivity contribution in [3.05, 3.63) is 65.5 Å². The summed E-state index contributed by atoms with van der Waals surface area (Å²) >= 11 is 0. The second kappa shape index (κ2) is 6.95. The number of amides is 4. The van der Waals surface area contributed by atoms with Crippen molar-refractivity contribution >= 4 is 17.8 Å². The zero-order chi connectivity index (χ0) is 19.7. The molecule has 0 aromatic heterocycles. The molecule has 2 aliphatic heterocycles. The van der Waals surface area contributed by atoms with Gasteiger partial charge in [-0.3, -0.25) is 14.5 Å². The third-order valence-corrected chi connectivity index (χ3v) is 4.96. The first-order valence-electron chi connectivity index (χ1n) is 8.87. The number of carbonyl (C=O) groups is 3. The van der Waals surface area contributed by atoms with Crippen LogP contribution in [-0.2, 0) is 21.7 Å². The van der Waals surface area contributed by atoms with Crippen LogP contribution in [0.4, 0.5) is 9.18 Å². The van der Waals surface area contributed by atoms with Gasteiger partial charge in [-0.15, -0.1) is 0 Å². The summed E-state index contributed by atoms with van der Waals surface area (Å²) in [7, 11) is 0. The Kier molecular flexibility index (Phi) is 4.46. The Morgan fingerprint density at radius 2 is 1.93 bits per heavy atom. The fourth-order valence-corrected chi connectivity index (χ4v) is 3.52. The molecule has 4 rings (SSSR count). The topological polar surface area (TPSA) is 87.7 Å². The van der Waals surface area contributed by atoms with E-state index in [4.69, 9.17) is 4.74 Å². The number of nitrogens with zero attached hydrogens (tertiary/aromatic N) is 1. The van der Waals surface area contributed by atoms with E-state index in [2.05, 4.69) is 10.6 Å². The first kappa shape index (κ1) is 18.0. The van der Waals surface area contributed by atoms with Crippen molar-refractivity contribution in [2.24, 2.45) is 0 Å². The Bertz CT molecular complexity index is 947. The van der Waals surface area contributed by atoms with Gasteiger partial charge in [0.1, 0.15) is 18.1 Å². The molecule has 1 atom stereocenters. The molecule has 4 amide bonds. The minimum absolute atomic E-state index is 0.171. The third kappa shape index (κ3) is 3.06. The van der Waals surface area contributed by atoms with E-state index in [9.17, 15) is 18.8 Å². The Labute approximate surface area is 160 Å². The fraction of sp³-hybridized carbons (Fsp3) is 0.250. The summed E-state index contributed by atoms with van der Waals surface area (Å²) in [5.74, 6) is -0.767. The smallest absolute Gasteiger partial charge is 0.325 e. The summed E-state index contributed by atoms with van der Waals surface area (Å²) in [6, 6.07) is 12.1. The molecule has 144 valence electrons. The molecule has 8 heteroatoms. The molecule has 28 heavy (non-hydrogen) atoms. The van der Waals surface area contributed by atoms with Crippen LogP contribution in [-0.4, -0.2) is 35.9 Å². The predicted molar refractivity (Wildman–Crippen MR) is 96.7 cm³/mol. The van der Waals surface area contributed by atoms with Crippen molar-refractivity contribution in [3.63, 3.8) is 0 Å². The minimum Gasteiger partial charge on any atom is -0.493 e. The SMILES string of the molecule is O=C(CN1C(=O)N[C@@]2(CCOc3ccccc32)C1=O)NCc1ccc(F)cc1. The fourth-order valence-electron chi connectivity index (χ4n) is 3.52. The number of carbonyl (C=O) groups excluding carboxylic acids is 3. The zero-order valence-electron chi connectivity index (χ0n) is 14.9. The van der Waals surface area contributed by atoms with Crippen LogP contribution in [0.25, 0.3) is 0 Å². The molecule has 2 aliphatic rings. The molecule has 2 heterocycles. The molecule has 0 radical (unpaired) electrons. The van der Waals surface area contributed by atoms with Gasteiger partial charge >= 0.3 is 6.03 Å². The van der Waals surface area contributed by atoms with Crippen LogP contribution in [0.1, 0.15) is 17.5 Å². The van der Waals surface area contributed by atoms with Gasteiger partial charge in [0.2, 0.25) is 5.91 Å². The number of nitrogens with one attached hydrogen (secondary N) is 2. The molecular weight excluding hydrogens is 365 g/mol. The van der Waals surface area contributed by atoms with Gasteiger partial charge in [-0.2, -0.15) is 0 Å². The summed E-state index contributed by atoms with van der Waals surface area (Å²) in [5, 5.41) is 5.38. The van der Waals surface area contributed by atoms with Gasteiger partial charge in [-0.1, -0.05) is 30.3 Å². The van der Waals surface area contributed by atoms with Gasteiger partial charge in [0.25, 0.3) is 5.91 Å². The lowest BCUT2D eigenvalue weighted by molar-refractivity contribution is -0.136. The van der Waals surface area contributed by atoms with Crippen molar-refractivity contribution in [2.75, 3.05) is 13.2 Å². The molecule has 1 fully saturated rings. The summed E-state index contributed by atoms with van der Waals surface area (Å²) < 4.78 is 18.5. The van der Waals surface area contributed by atoms with E-state index in [0.717, 1.165) is 4.90 Å². The van der Waals surface area contributed by atoms with Gasteiger partial charge in [0.15, 0.2) is 5.54 Å². The number of urea groups is 1. The molecular formula is C20H18FN3O4. The lowest BCUT2D eigenvalue weighted by Crippen LogP contribution is -2.48. The van der Waals surface area contributed by atoms with Crippen molar-refractivity contribution in [2.45, 2.75) is 18.5 Å². The van der Waals surface area contributed by atoms with E-state index in [-0.39, 0.29) is 19.0 Å². The number of hydrogen-bond donors (Lipinski definition) is 2. The Morgan fingerprint density at radius 3 is 2.71 bits per heavy atom. The summed E-state index contributed by atoms with van der Waals surface area (Å²) in [5.41, 5.74) is 0.0963. The summed E-state index contributed by atoms with van der Waals surface area (Å²) in [4.78, 5) is 38.7. The maximum Gasteiger partial charge on any atom is 0.325 e. The predicted octanol–water partition coefficient (Wildman–Crippen LogP) is 1.67. The molecule has 2 aromatic rings. The highest BCUT2D eigenvalue weighted by atomic mass is 19.1. The maximum atomic E-state index is 13.1. The van der Waals surface area contributed by atoms with E-state index >= 15 is 0 Å². The van der Waals surface area contributed by atoms with Gasteiger partial charge in [-0.05, 0) is 23.8 Å². The maximum absolute atomic E-state index is 13.1. The minimum atomic E-state index is -1.21. The lowest BCUT2D eigenvalue weighted by atomic mass is 9.84. The number of ether oxygens (including phenoxy) is 1. The number of imide groups is 1. The number of fused-ring (bicyclic) bond motifs is 2. The molecule has 1 saturated heterocycles. The number of benzene rings is 2. The molecule has 2 aromatic carbocycles. The Balaban J connectivity index is 1.46. The molecule has 0 aliphatic carbocycles. The van der Waals surface area contributed by atoms with Gasteiger partial charge < -0.3 is 15.4 Å². The lowest BCUT2D eigenvalue weighted by Gasteiger charge is -2.33. The molecule has 7 nitrogen and oxygen atoms in total. The average Bonchev–Trinajstić information content (AvgIpc) is 2.93. The van der Waals surface area contributed by atoms with Crippen LogP contribution >= 0.6 is 0 Å². The molecule has 0 bridgehead atoms. The van der Waals surface area contributed by atoms with Crippen molar-refractivity contribution in [3.8, 4) is 5.75 Å². The van der Waals surface area contributed by atoms with Crippen LogP contribution in [0.15, 0.2) is 48.5 Å². The second-order valence-electron chi connectivity index (χ2n) is 6.72. The van der Waals surface area contributed by atoms with Crippen LogP contribution < -0.4 is 15.4 Å². The highest BCUT2D eigenvalue weighted by molar-refractivity contribution is 6.09. The molecule has 1 spiro atoms. The number of rotatable bonds is 4. The van der Waals surface area contributed by atoms with Crippen LogP contribution in [0.5, 0.6) is 5.75 Å². The third-order valence-electron chi connectivity index (χ3n) is 4.96. The molecule has 0 unspecified atom stereocenters. The van der Waals surface area contributed by atoms with Gasteiger partial charge in [-0.25, -0.2) is 9.18 Å². The first-order valence-corrected chi connectivity index (χ1v) is 8.87. The van der Waals surface area contributed by atoms with Crippen molar-refractivity contribution in [1.29, 1.82) is 0 Å². The highest BCUT2D eigenvalue weighted by Gasteiger charge is 2.55.